The molecule has 21 heavy (non-hydrogen) atoms. The van der Waals surface area contributed by atoms with Crippen LogP contribution in [0.1, 0.15) is 53.9 Å². The van der Waals surface area contributed by atoms with Crippen LogP contribution in [0, 0.1) is 5.41 Å². The molecule has 3 heteroatoms. The van der Waals surface area contributed by atoms with Crippen molar-refractivity contribution in [2.24, 2.45) is 5.41 Å². The zero-order chi connectivity index (χ0) is 15.4. The number of ketones is 1. The van der Waals surface area contributed by atoms with Crippen LogP contribution >= 0.6 is 0 Å². The standard InChI is InChI=1S/C18H26O2Si/c1-6-13-11(3)10-14-15(13)12(4)18(8-9-18)17(5,16(14)19)20-21-7-2/h10H,6-9,21H2,1-5H3. The van der Waals surface area contributed by atoms with Gasteiger partial charge in [0.15, 0.2) is 15.5 Å². The maximum atomic E-state index is 13.2. The minimum atomic E-state index is -0.606. The van der Waals surface area contributed by atoms with E-state index in [1.54, 1.807) is 0 Å². The summed E-state index contributed by atoms with van der Waals surface area (Å²) in [6, 6.07) is 1.09. The van der Waals surface area contributed by atoms with Crippen LogP contribution in [0.25, 0.3) is 0 Å². The van der Waals surface area contributed by atoms with Crippen molar-refractivity contribution >= 4 is 15.5 Å². The van der Waals surface area contributed by atoms with E-state index in [-0.39, 0.29) is 11.2 Å². The van der Waals surface area contributed by atoms with E-state index < -0.39 is 15.4 Å². The molecule has 3 aliphatic rings. The summed E-state index contributed by atoms with van der Waals surface area (Å²) in [5, 5.41) is 0. The minimum absolute atomic E-state index is 0.00995. The summed E-state index contributed by atoms with van der Waals surface area (Å²) >= 11 is 0. The average Bonchev–Trinajstić information content (AvgIpc) is 3.21. The first-order chi connectivity index (χ1) is 9.93. The molecule has 1 spiro atoms. The lowest BCUT2D eigenvalue weighted by molar-refractivity contribution is -0.134. The Balaban J connectivity index is 2.15. The lowest BCUT2D eigenvalue weighted by Gasteiger charge is -2.43. The van der Waals surface area contributed by atoms with Gasteiger partial charge in [0.2, 0.25) is 0 Å². The molecule has 0 N–H and O–H groups in total. The number of carbonyl (C=O) groups excluding carboxylic acids is 1. The third-order valence-electron chi connectivity index (χ3n) is 5.79. The van der Waals surface area contributed by atoms with Crippen LogP contribution in [0.15, 0.2) is 33.9 Å². The Morgan fingerprint density at radius 2 is 1.95 bits per heavy atom. The highest BCUT2D eigenvalue weighted by Gasteiger charge is 2.65. The summed E-state index contributed by atoms with van der Waals surface area (Å²) in [6.07, 6.45) is 5.31. The van der Waals surface area contributed by atoms with Gasteiger partial charge in [-0.3, -0.25) is 4.79 Å². The summed E-state index contributed by atoms with van der Waals surface area (Å²) in [6.45, 7) is 10.8. The van der Waals surface area contributed by atoms with Gasteiger partial charge >= 0.3 is 0 Å². The molecule has 0 aromatic heterocycles. The van der Waals surface area contributed by atoms with Crippen molar-refractivity contribution in [2.75, 3.05) is 0 Å². The van der Waals surface area contributed by atoms with Gasteiger partial charge in [0.05, 0.1) is 0 Å². The highest BCUT2D eigenvalue weighted by Crippen LogP contribution is 2.66. The molecule has 1 atom stereocenters. The van der Waals surface area contributed by atoms with Gasteiger partial charge in [-0.2, -0.15) is 0 Å². The quantitative estimate of drug-likeness (QED) is 0.741. The van der Waals surface area contributed by atoms with Crippen molar-refractivity contribution in [2.45, 2.75) is 65.5 Å². The number of hydrogen-bond acceptors (Lipinski definition) is 2. The lowest BCUT2D eigenvalue weighted by atomic mass is 9.67. The first kappa shape index (κ1) is 15.0. The Morgan fingerprint density at radius 1 is 1.29 bits per heavy atom. The molecule has 0 aliphatic heterocycles. The summed E-state index contributed by atoms with van der Waals surface area (Å²) in [4.78, 5) is 13.2. The zero-order valence-corrected chi connectivity index (χ0v) is 15.3. The summed E-state index contributed by atoms with van der Waals surface area (Å²) in [5.41, 5.74) is 5.63. The molecule has 114 valence electrons. The van der Waals surface area contributed by atoms with Gasteiger partial charge in [-0.25, -0.2) is 0 Å². The second kappa shape index (κ2) is 4.78. The van der Waals surface area contributed by atoms with Gasteiger partial charge in [0.1, 0.15) is 5.60 Å². The molecule has 1 saturated carbocycles. The number of hydrogen-bond donors (Lipinski definition) is 0. The summed E-state index contributed by atoms with van der Waals surface area (Å²) in [5.74, 6) is 0.240. The third kappa shape index (κ3) is 1.77. The maximum Gasteiger partial charge on any atom is 0.194 e. The van der Waals surface area contributed by atoms with Crippen LogP contribution in [0.2, 0.25) is 6.04 Å². The van der Waals surface area contributed by atoms with E-state index in [0.717, 1.165) is 30.9 Å². The van der Waals surface area contributed by atoms with Gasteiger partial charge in [-0.05, 0) is 68.9 Å². The van der Waals surface area contributed by atoms with Crippen molar-refractivity contribution < 1.29 is 9.22 Å². The van der Waals surface area contributed by atoms with Crippen LogP contribution in [-0.2, 0) is 9.22 Å². The van der Waals surface area contributed by atoms with Gasteiger partial charge in [-0.1, -0.05) is 19.4 Å². The Hall–Kier alpha value is -0.933. The van der Waals surface area contributed by atoms with E-state index in [1.807, 2.05) is 0 Å². The van der Waals surface area contributed by atoms with Gasteiger partial charge in [-0.15, -0.1) is 0 Å². The molecular weight excluding hydrogens is 276 g/mol. The molecule has 0 saturated heterocycles. The smallest absolute Gasteiger partial charge is 0.194 e. The lowest BCUT2D eigenvalue weighted by Crippen LogP contribution is -2.52. The van der Waals surface area contributed by atoms with E-state index >= 15 is 0 Å². The van der Waals surface area contributed by atoms with Gasteiger partial charge < -0.3 is 4.43 Å². The minimum Gasteiger partial charge on any atom is -0.411 e. The second-order valence-corrected chi connectivity index (χ2v) is 8.56. The van der Waals surface area contributed by atoms with E-state index in [1.165, 1.54) is 22.3 Å². The Kier molecular flexibility index (Phi) is 3.41. The predicted octanol–water partition coefficient (Wildman–Crippen LogP) is 3.63. The number of rotatable bonds is 4. The molecule has 0 amide bonds. The van der Waals surface area contributed by atoms with Gasteiger partial charge in [0, 0.05) is 11.0 Å². The zero-order valence-electron chi connectivity index (χ0n) is 13.9. The number of carbonyl (C=O) groups is 1. The highest BCUT2D eigenvalue weighted by molar-refractivity contribution is 6.28. The number of Topliss-reactive ketones (excluding diaryl/α,β-unsaturated/α-hetero) is 1. The molecule has 0 aromatic carbocycles. The molecule has 0 aromatic rings. The monoisotopic (exact) mass is 302 g/mol. The molecule has 0 radical (unpaired) electrons. The molecule has 2 nitrogen and oxygen atoms in total. The van der Waals surface area contributed by atoms with Crippen molar-refractivity contribution in [1.29, 1.82) is 0 Å². The van der Waals surface area contributed by atoms with Crippen molar-refractivity contribution in [3.05, 3.63) is 33.9 Å². The first-order valence-corrected chi connectivity index (χ1v) is 9.83. The topological polar surface area (TPSA) is 26.3 Å². The fourth-order valence-corrected chi connectivity index (χ4v) is 5.38. The van der Waals surface area contributed by atoms with Crippen molar-refractivity contribution in [3.8, 4) is 0 Å². The number of allylic oxidation sites excluding steroid dienone is 4. The van der Waals surface area contributed by atoms with E-state index in [2.05, 4.69) is 40.7 Å². The Bertz CT molecular complexity index is 605. The average molecular weight is 302 g/mol. The molecule has 0 bridgehead atoms. The predicted molar refractivity (Wildman–Crippen MR) is 89.0 cm³/mol. The van der Waals surface area contributed by atoms with E-state index in [9.17, 15) is 4.79 Å². The maximum absolute atomic E-state index is 13.2. The molecule has 3 aliphatic carbocycles. The largest absolute Gasteiger partial charge is 0.411 e. The Morgan fingerprint density at radius 3 is 2.48 bits per heavy atom. The second-order valence-electron chi connectivity index (χ2n) is 6.87. The van der Waals surface area contributed by atoms with Crippen LogP contribution < -0.4 is 0 Å². The van der Waals surface area contributed by atoms with Crippen LogP contribution in [0.4, 0.5) is 0 Å². The van der Waals surface area contributed by atoms with Crippen molar-refractivity contribution in [1.82, 2.24) is 0 Å². The van der Waals surface area contributed by atoms with Gasteiger partial charge in [0.25, 0.3) is 0 Å². The molecular formula is C18H26O2Si. The normalized spacial score (nSPS) is 30.7. The Labute approximate surface area is 130 Å². The van der Waals surface area contributed by atoms with Crippen molar-refractivity contribution in [3.63, 3.8) is 0 Å². The molecule has 1 fully saturated rings. The summed E-state index contributed by atoms with van der Waals surface area (Å²) in [7, 11) is -0.606. The molecule has 1 unspecified atom stereocenters. The fourth-order valence-electron chi connectivity index (χ4n) is 4.36. The SMILES string of the molecule is CC[SiH2]OC1(C)C(=O)C2=CC(C)=C(CC)C2=C(C)C12CC2. The fraction of sp³-hybridized carbons (Fsp3) is 0.611. The molecule has 0 heterocycles. The molecule has 3 rings (SSSR count). The van der Waals surface area contributed by atoms with Crippen LogP contribution in [-0.4, -0.2) is 21.1 Å². The van der Waals surface area contributed by atoms with Crippen LogP contribution in [0.5, 0.6) is 0 Å². The number of fused-ring (bicyclic) bond motifs is 1. The van der Waals surface area contributed by atoms with E-state index in [0.29, 0.717) is 0 Å². The summed E-state index contributed by atoms with van der Waals surface area (Å²) < 4.78 is 6.29. The third-order valence-corrected chi connectivity index (χ3v) is 6.98. The first-order valence-electron chi connectivity index (χ1n) is 8.25. The van der Waals surface area contributed by atoms with Crippen LogP contribution in [0.3, 0.4) is 0 Å². The highest BCUT2D eigenvalue weighted by atomic mass is 28.2. The van der Waals surface area contributed by atoms with E-state index in [4.69, 9.17) is 4.43 Å².